The van der Waals surface area contributed by atoms with Gasteiger partial charge in [-0.3, -0.25) is 0 Å². The van der Waals surface area contributed by atoms with Gasteiger partial charge in [-0.25, -0.2) is 8.78 Å². The lowest BCUT2D eigenvalue weighted by atomic mass is 9.93. The Bertz CT molecular complexity index is 849. The van der Waals surface area contributed by atoms with Crippen LogP contribution < -0.4 is 0 Å². The van der Waals surface area contributed by atoms with Crippen molar-refractivity contribution in [3.8, 4) is 0 Å². The van der Waals surface area contributed by atoms with Crippen LogP contribution in [-0.4, -0.2) is 0 Å². The molecular weight excluding hydrogens is 314 g/mol. The quantitative estimate of drug-likeness (QED) is 0.468. The van der Waals surface area contributed by atoms with Gasteiger partial charge < -0.3 is 0 Å². The molecule has 1 atom stereocenters. The van der Waals surface area contributed by atoms with E-state index in [-0.39, 0.29) is 11.6 Å². The topological polar surface area (TPSA) is 0 Å². The van der Waals surface area contributed by atoms with E-state index in [1.54, 1.807) is 36.4 Å². The van der Waals surface area contributed by atoms with Gasteiger partial charge in [0.1, 0.15) is 11.6 Å². The average molecular weight is 334 g/mol. The molecule has 0 aliphatic heterocycles. The first-order valence-electron chi connectivity index (χ1n) is 8.39. The summed E-state index contributed by atoms with van der Waals surface area (Å²) in [6, 6.07) is 21.7. The zero-order valence-corrected chi connectivity index (χ0v) is 14.1. The Balaban J connectivity index is 1.71. The van der Waals surface area contributed by atoms with Crippen LogP contribution in [0.2, 0.25) is 0 Å². The molecule has 0 fully saturated rings. The highest BCUT2D eigenvalue weighted by Crippen LogP contribution is 2.22. The molecule has 0 N–H and O–H groups in total. The second-order valence-corrected chi connectivity index (χ2v) is 6.26. The van der Waals surface area contributed by atoms with E-state index < -0.39 is 0 Å². The van der Waals surface area contributed by atoms with Crippen LogP contribution in [0, 0.1) is 11.6 Å². The first-order chi connectivity index (χ1) is 12.1. The highest BCUT2D eigenvalue weighted by Gasteiger charge is 2.08. The van der Waals surface area contributed by atoms with Gasteiger partial charge >= 0.3 is 0 Å². The molecule has 0 aliphatic rings. The zero-order chi connectivity index (χ0) is 17.6. The predicted octanol–water partition coefficient (Wildman–Crippen LogP) is 6.48. The van der Waals surface area contributed by atoms with Gasteiger partial charge in [-0.1, -0.05) is 73.7 Å². The molecule has 0 amide bonds. The summed E-state index contributed by atoms with van der Waals surface area (Å²) in [4.78, 5) is 0. The van der Waals surface area contributed by atoms with Crippen molar-refractivity contribution in [1.82, 2.24) is 0 Å². The van der Waals surface area contributed by atoms with Gasteiger partial charge in [-0.15, -0.1) is 0 Å². The maximum atomic E-state index is 14.4. The van der Waals surface area contributed by atoms with Crippen LogP contribution in [0.3, 0.4) is 0 Å². The van der Waals surface area contributed by atoms with E-state index in [1.165, 1.54) is 17.7 Å². The van der Waals surface area contributed by atoms with Gasteiger partial charge in [0.05, 0.1) is 0 Å². The maximum absolute atomic E-state index is 14.4. The van der Waals surface area contributed by atoms with Gasteiger partial charge in [0.15, 0.2) is 0 Å². The molecule has 0 spiro atoms. The van der Waals surface area contributed by atoms with E-state index in [9.17, 15) is 8.78 Å². The number of halogens is 2. The lowest BCUT2D eigenvalue weighted by Gasteiger charge is -2.12. The van der Waals surface area contributed by atoms with E-state index in [1.807, 2.05) is 24.3 Å². The van der Waals surface area contributed by atoms with Crippen LogP contribution in [-0.2, 0) is 6.42 Å². The molecule has 0 saturated heterocycles. The van der Waals surface area contributed by atoms with Crippen LogP contribution in [0.1, 0.15) is 35.1 Å². The smallest absolute Gasteiger partial charge is 0.130 e. The minimum absolute atomic E-state index is 0.240. The van der Waals surface area contributed by atoms with Crippen molar-refractivity contribution < 1.29 is 8.78 Å². The Morgan fingerprint density at radius 1 is 0.840 bits per heavy atom. The summed E-state index contributed by atoms with van der Waals surface area (Å²) in [6.45, 7) is 2.15. The Labute approximate surface area is 147 Å². The Morgan fingerprint density at radius 2 is 1.56 bits per heavy atom. The monoisotopic (exact) mass is 334 g/mol. The second kappa shape index (κ2) is 7.89. The molecule has 1 unspecified atom stereocenters. The molecule has 0 saturated carbocycles. The molecule has 0 radical (unpaired) electrons. The average Bonchev–Trinajstić information content (AvgIpc) is 2.63. The SMILES string of the molecule is CC(Cc1ccc(/C=C/c2ccc(F)cc2)c(F)c1)c1ccccc1. The summed E-state index contributed by atoms with van der Waals surface area (Å²) in [5.41, 5.74) is 3.60. The fraction of sp³-hybridized carbons (Fsp3) is 0.130. The molecule has 3 aromatic carbocycles. The van der Waals surface area contributed by atoms with Gasteiger partial charge in [0.25, 0.3) is 0 Å². The molecule has 3 aromatic rings. The first-order valence-corrected chi connectivity index (χ1v) is 8.39. The Morgan fingerprint density at radius 3 is 2.24 bits per heavy atom. The maximum Gasteiger partial charge on any atom is 0.130 e. The highest BCUT2D eigenvalue weighted by molar-refractivity contribution is 5.69. The summed E-state index contributed by atoms with van der Waals surface area (Å²) in [5.74, 6) is -0.183. The summed E-state index contributed by atoms with van der Waals surface area (Å²) < 4.78 is 27.3. The van der Waals surface area contributed by atoms with Gasteiger partial charge in [-0.05, 0) is 47.2 Å². The molecule has 0 bridgehead atoms. The summed E-state index contributed by atoms with van der Waals surface area (Å²) in [6.07, 6.45) is 4.29. The Hall–Kier alpha value is -2.74. The van der Waals surface area contributed by atoms with Crippen LogP contribution in [0.15, 0.2) is 72.8 Å². The largest absolute Gasteiger partial charge is 0.207 e. The Kier molecular flexibility index (Phi) is 5.39. The molecule has 3 rings (SSSR count). The van der Waals surface area contributed by atoms with E-state index in [2.05, 4.69) is 19.1 Å². The number of benzene rings is 3. The van der Waals surface area contributed by atoms with Crippen LogP contribution in [0.25, 0.3) is 12.2 Å². The molecule has 0 heterocycles. The van der Waals surface area contributed by atoms with E-state index >= 15 is 0 Å². The van der Waals surface area contributed by atoms with Crippen molar-refractivity contribution in [3.63, 3.8) is 0 Å². The van der Waals surface area contributed by atoms with Gasteiger partial charge in [-0.2, -0.15) is 0 Å². The van der Waals surface area contributed by atoms with E-state index in [0.717, 1.165) is 17.5 Å². The molecule has 0 aromatic heterocycles. The van der Waals surface area contributed by atoms with Crippen LogP contribution >= 0.6 is 0 Å². The normalized spacial score (nSPS) is 12.4. The lowest BCUT2D eigenvalue weighted by molar-refractivity contribution is 0.620. The van der Waals surface area contributed by atoms with Gasteiger partial charge in [0.2, 0.25) is 0 Å². The number of rotatable bonds is 5. The predicted molar refractivity (Wildman–Crippen MR) is 100 cm³/mol. The van der Waals surface area contributed by atoms with Crippen molar-refractivity contribution in [1.29, 1.82) is 0 Å². The van der Waals surface area contributed by atoms with Crippen molar-refractivity contribution >= 4 is 12.2 Å². The van der Waals surface area contributed by atoms with Crippen molar-refractivity contribution in [2.75, 3.05) is 0 Å². The molecule has 0 aliphatic carbocycles. The zero-order valence-electron chi connectivity index (χ0n) is 14.1. The number of hydrogen-bond acceptors (Lipinski definition) is 0. The molecular formula is C23H20F2. The van der Waals surface area contributed by atoms with Crippen molar-refractivity contribution in [3.05, 3.63) is 107 Å². The van der Waals surface area contributed by atoms with Crippen LogP contribution in [0.4, 0.5) is 8.78 Å². The highest BCUT2D eigenvalue weighted by atomic mass is 19.1. The summed E-state index contributed by atoms with van der Waals surface area (Å²) in [7, 11) is 0. The summed E-state index contributed by atoms with van der Waals surface area (Å²) in [5, 5.41) is 0. The fourth-order valence-corrected chi connectivity index (χ4v) is 2.85. The minimum Gasteiger partial charge on any atom is -0.207 e. The molecule has 126 valence electrons. The third-order valence-corrected chi connectivity index (χ3v) is 4.30. The van der Waals surface area contributed by atoms with Crippen molar-refractivity contribution in [2.24, 2.45) is 0 Å². The van der Waals surface area contributed by atoms with Crippen LogP contribution in [0.5, 0.6) is 0 Å². The van der Waals surface area contributed by atoms with Gasteiger partial charge in [0, 0.05) is 5.56 Å². The first kappa shape index (κ1) is 17.1. The minimum atomic E-state index is -0.278. The lowest BCUT2D eigenvalue weighted by Crippen LogP contribution is -1.99. The molecule has 25 heavy (non-hydrogen) atoms. The fourth-order valence-electron chi connectivity index (χ4n) is 2.85. The number of hydrogen-bond donors (Lipinski definition) is 0. The third kappa shape index (κ3) is 4.63. The molecule has 2 heteroatoms. The molecule has 0 nitrogen and oxygen atoms in total. The van der Waals surface area contributed by atoms with Crippen molar-refractivity contribution in [2.45, 2.75) is 19.3 Å². The standard InChI is InChI=1S/C23H20F2/c1-17(20-5-3-2-4-6-20)15-19-8-12-21(23(25)16-19)11-7-18-9-13-22(24)14-10-18/h2-14,16-17H,15H2,1H3/b11-7+. The summed E-state index contributed by atoms with van der Waals surface area (Å²) >= 11 is 0. The second-order valence-electron chi connectivity index (χ2n) is 6.26. The van der Waals surface area contributed by atoms with E-state index in [4.69, 9.17) is 0 Å². The third-order valence-electron chi connectivity index (χ3n) is 4.30. The van der Waals surface area contributed by atoms with E-state index in [0.29, 0.717) is 11.5 Å².